The van der Waals surface area contributed by atoms with Crippen molar-refractivity contribution in [3.8, 4) is 5.75 Å². The van der Waals surface area contributed by atoms with Crippen LogP contribution in [0, 0.1) is 0 Å². The maximum atomic E-state index is 5.79. The summed E-state index contributed by atoms with van der Waals surface area (Å²) in [4.78, 5) is 4.21. The van der Waals surface area contributed by atoms with Crippen molar-refractivity contribution in [2.24, 2.45) is 10.7 Å². The highest BCUT2D eigenvalue weighted by Gasteiger charge is 1.98. The number of nitrogens with zero attached hydrogens (tertiary/aromatic N) is 1. The van der Waals surface area contributed by atoms with Crippen molar-refractivity contribution in [1.29, 1.82) is 0 Å². The fourth-order valence-corrected chi connectivity index (χ4v) is 2.10. The fraction of sp³-hybridized carbons (Fsp3) is 0.214. The van der Waals surface area contributed by atoms with Gasteiger partial charge in [0.15, 0.2) is 5.17 Å². The molecule has 0 fully saturated rings. The van der Waals surface area contributed by atoms with Gasteiger partial charge < -0.3 is 27.3 Å². The minimum absolute atomic E-state index is 0. The molecule has 114 valence electrons. The number of furan rings is 1. The topological polar surface area (TPSA) is 60.8 Å². The van der Waals surface area contributed by atoms with Crippen molar-refractivity contribution in [3.63, 3.8) is 0 Å². The minimum atomic E-state index is 0. The first-order valence-corrected chi connectivity index (χ1v) is 7.44. The lowest BCUT2D eigenvalue weighted by atomic mass is 10.3. The Morgan fingerprint density at radius 3 is 2.71 bits per heavy atom. The number of hydrogen-bond acceptors (Lipinski definition) is 4. The second-order valence-electron chi connectivity index (χ2n) is 3.88. The van der Waals surface area contributed by atoms with Crippen LogP contribution in [-0.4, -0.2) is 17.5 Å². The molecule has 0 aliphatic rings. The van der Waals surface area contributed by atoms with Gasteiger partial charge in [-0.2, -0.15) is 0 Å². The van der Waals surface area contributed by atoms with Gasteiger partial charge in [0.05, 0.1) is 19.4 Å². The van der Waals surface area contributed by atoms with E-state index in [-0.39, 0.29) is 12.4 Å². The Morgan fingerprint density at radius 2 is 2.05 bits per heavy atom. The molecule has 4 nitrogen and oxygen atoms in total. The predicted octanol–water partition coefficient (Wildman–Crippen LogP) is 0.564. The van der Waals surface area contributed by atoms with Crippen molar-refractivity contribution < 1.29 is 21.6 Å². The standard InChI is InChI=1S/C14H15ClN2O2S.ClH/c15-11-3-5-12(6-4-11)19-8-9-20-14(16)17-10-13-2-1-7-18-13;/h1-7H,8-10H2,(H2,16,17);1H/p-1. The summed E-state index contributed by atoms with van der Waals surface area (Å²) in [5.41, 5.74) is 5.79. The Balaban J connectivity index is 0.00000220. The summed E-state index contributed by atoms with van der Waals surface area (Å²) in [6.45, 7) is 1.02. The van der Waals surface area contributed by atoms with Gasteiger partial charge in [-0.15, -0.1) is 0 Å². The van der Waals surface area contributed by atoms with Crippen LogP contribution in [0.3, 0.4) is 0 Å². The van der Waals surface area contributed by atoms with Gasteiger partial charge >= 0.3 is 0 Å². The van der Waals surface area contributed by atoms with Gasteiger partial charge in [0, 0.05) is 10.8 Å². The number of aliphatic imine (C=N–C) groups is 1. The molecule has 0 unspecified atom stereocenters. The normalized spacial score (nSPS) is 11.0. The lowest BCUT2D eigenvalue weighted by Gasteiger charge is -2.05. The van der Waals surface area contributed by atoms with Gasteiger partial charge in [0.1, 0.15) is 11.5 Å². The summed E-state index contributed by atoms with van der Waals surface area (Å²) >= 11 is 7.25. The Bertz CT molecular complexity index is 545. The van der Waals surface area contributed by atoms with E-state index in [0.29, 0.717) is 23.3 Å². The van der Waals surface area contributed by atoms with Crippen LogP contribution in [0.4, 0.5) is 0 Å². The largest absolute Gasteiger partial charge is 1.00 e. The summed E-state index contributed by atoms with van der Waals surface area (Å²) in [6, 6.07) is 11.0. The quantitative estimate of drug-likeness (QED) is 0.472. The molecule has 21 heavy (non-hydrogen) atoms. The number of hydrogen-bond donors (Lipinski definition) is 1. The molecular formula is C14H15Cl2N2O2S-. The SMILES string of the molecule is NC(=NCc1ccco1)SCCOc1ccc(Cl)cc1.[Cl-]. The number of nitrogens with two attached hydrogens (primary N) is 1. The van der Waals surface area contributed by atoms with Crippen LogP contribution < -0.4 is 22.9 Å². The number of halogens is 2. The van der Waals surface area contributed by atoms with E-state index < -0.39 is 0 Å². The fourth-order valence-electron chi connectivity index (χ4n) is 1.44. The molecule has 0 bridgehead atoms. The van der Waals surface area contributed by atoms with Gasteiger partial charge in [-0.05, 0) is 36.4 Å². The highest BCUT2D eigenvalue weighted by atomic mass is 35.5. The molecule has 2 rings (SSSR count). The molecule has 0 aliphatic carbocycles. The van der Waals surface area contributed by atoms with Crippen LogP contribution in [0.5, 0.6) is 5.75 Å². The van der Waals surface area contributed by atoms with Gasteiger partial charge in [-0.3, -0.25) is 4.99 Å². The van der Waals surface area contributed by atoms with E-state index in [0.717, 1.165) is 17.3 Å². The second kappa shape index (κ2) is 9.60. The Kier molecular flexibility index (Phi) is 8.12. The van der Waals surface area contributed by atoms with E-state index in [1.807, 2.05) is 24.3 Å². The predicted molar refractivity (Wildman–Crippen MR) is 83.4 cm³/mol. The number of amidine groups is 1. The molecule has 0 atom stereocenters. The lowest BCUT2D eigenvalue weighted by Crippen LogP contribution is -3.00. The highest BCUT2D eigenvalue weighted by molar-refractivity contribution is 8.13. The molecule has 1 heterocycles. The Labute approximate surface area is 139 Å². The zero-order valence-corrected chi connectivity index (χ0v) is 13.5. The zero-order chi connectivity index (χ0) is 14.2. The van der Waals surface area contributed by atoms with E-state index in [2.05, 4.69) is 4.99 Å². The summed E-state index contributed by atoms with van der Waals surface area (Å²) in [5, 5.41) is 1.22. The number of benzene rings is 1. The second-order valence-corrected chi connectivity index (χ2v) is 5.44. The van der Waals surface area contributed by atoms with Crippen LogP contribution >= 0.6 is 23.4 Å². The summed E-state index contributed by atoms with van der Waals surface area (Å²) in [5.74, 6) is 2.32. The van der Waals surface area contributed by atoms with Gasteiger partial charge in [0.25, 0.3) is 0 Å². The van der Waals surface area contributed by atoms with E-state index in [9.17, 15) is 0 Å². The minimum Gasteiger partial charge on any atom is -1.00 e. The van der Waals surface area contributed by atoms with Gasteiger partial charge in [0.2, 0.25) is 0 Å². The number of ether oxygens (including phenoxy) is 1. The number of thioether (sulfide) groups is 1. The molecule has 0 amide bonds. The molecule has 0 saturated carbocycles. The van der Waals surface area contributed by atoms with Crippen LogP contribution in [0.2, 0.25) is 5.02 Å². The monoisotopic (exact) mass is 345 g/mol. The van der Waals surface area contributed by atoms with Crippen molar-refractivity contribution in [1.82, 2.24) is 0 Å². The van der Waals surface area contributed by atoms with Crippen LogP contribution in [0.1, 0.15) is 5.76 Å². The molecule has 2 N–H and O–H groups in total. The third-order valence-electron chi connectivity index (χ3n) is 2.39. The third kappa shape index (κ3) is 6.80. The maximum absolute atomic E-state index is 5.79. The molecule has 0 radical (unpaired) electrons. The van der Waals surface area contributed by atoms with E-state index in [1.165, 1.54) is 11.8 Å². The molecule has 0 saturated heterocycles. The van der Waals surface area contributed by atoms with Crippen LogP contribution in [0.25, 0.3) is 0 Å². The Morgan fingerprint density at radius 1 is 1.29 bits per heavy atom. The third-order valence-corrected chi connectivity index (χ3v) is 3.43. The van der Waals surface area contributed by atoms with Crippen molar-refractivity contribution in [3.05, 3.63) is 53.4 Å². The van der Waals surface area contributed by atoms with Crippen LogP contribution in [0.15, 0.2) is 52.1 Å². The zero-order valence-electron chi connectivity index (χ0n) is 11.2. The average molecular weight is 346 g/mol. The number of rotatable bonds is 6. The van der Waals surface area contributed by atoms with Crippen LogP contribution in [-0.2, 0) is 6.54 Å². The molecule has 7 heteroatoms. The molecular weight excluding hydrogens is 331 g/mol. The smallest absolute Gasteiger partial charge is 0.154 e. The first kappa shape index (κ1) is 17.8. The summed E-state index contributed by atoms with van der Waals surface area (Å²) < 4.78 is 10.7. The summed E-state index contributed by atoms with van der Waals surface area (Å²) in [6.07, 6.45) is 1.62. The van der Waals surface area contributed by atoms with E-state index >= 15 is 0 Å². The molecule has 1 aromatic heterocycles. The highest BCUT2D eigenvalue weighted by Crippen LogP contribution is 2.15. The Hall–Kier alpha value is -1.30. The molecule has 1 aromatic carbocycles. The first-order valence-electron chi connectivity index (χ1n) is 6.07. The van der Waals surface area contributed by atoms with Gasteiger partial charge in [-0.1, -0.05) is 23.4 Å². The van der Waals surface area contributed by atoms with Crippen molar-refractivity contribution in [2.45, 2.75) is 6.54 Å². The van der Waals surface area contributed by atoms with Crippen molar-refractivity contribution in [2.75, 3.05) is 12.4 Å². The molecule has 2 aromatic rings. The van der Waals surface area contributed by atoms with E-state index in [1.54, 1.807) is 18.4 Å². The maximum Gasteiger partial charge on any atom is 0.154 e. The first-order chi connectivity index (χ1) is 9.74. The lowest BCUT2D eigenvalue weighted by molar-refractivity contribution is -0.00000499. The van der Waals surface area contributed by atoms with Gasteiger partial charge in [-0.25, -0.2) is 0 Å². The summed E-state index contributed by atoms with van der Waals surface area (Å²) in [7, 11) is 0. The van der Waals surface area contributed by atoms with Crippen molar-refractivity contribution >= 4 is 28.5 Å². The van der Waals surface area contributed by atoms with E-state index in [4.69, 9.17) is 26.5 Å². The average Bonchev–Trinajstić information content (AvgIpc) is 2.96. The molecule has 0 aliphatic heterocycles. The molecule has 0 spiro atoms.